The fraction of sp³-hybridized carbons (Fsp3) is 0.652. The largest absolute Gasteiger partial charge is 0.381 e. The fourth-order valence-corrected chi connectivity index (χ4v) is 4.79. The van der Waals surface area contributed by atoms with Crippen LogP contribution in [0.25, 0.3) is 11.3 Å². The van der Waals surface area contributed by atoms with Crippen molar-refractivity contribution in [1.29, 1.82) is 0 Å². The number of hydrogen-bond acceptors (Lipinski definition) is 7. The molecule has 1 saturated heterocycles. The van der Waals surface area contributed by atoms with E-state index in [2.05, 4.69) is 15.0 Å². The van der Waals surface area contributed by atoms with E-state index in [1.54, 1.807) is 13.3 Å². The molecule has 1 atom stereocenters. The second kappa shape index (κ2) is 9.34. The zero-order chi connectivity index (χ0) is 22.0. The predicted molar refractivity (Wildman–Crippen MR) is 118 cm³/mol. The van der Waals surface area contributed by atoms with Gasteiger partial charge in [0.1, 0.15) is 0 Å². The summed E-state index contributed by atoms with van der Waals surface area (Å²) in [6, 6.07) is 1.82. The highest BCUT2D eigenvalue weighted by molar-refractivity contribution is 5.80. The summed E-state index contributed by atoms with van der Waals surface area (Å²) in [5.41, 5.74) is 2.48. The van der Waals surface area contributed by atoms with Gasteiger partial charge in [0.2, 0.25) is 11.9 Å². The molecule has 3 heterocycles. The van der Waals surface area contributed by atoms with Crippen LogP contribution in [0.2, 0.25) is 0 Å². The molecular weight excluding hydrogens is 394 g/mol. The SMILES string of the molecule is COC1CCC(C(=O)N2CCCC[C@@H]2c2nc(N(C)C)ncc2-c2cc(C)no2)CC1. The van der Waals surface area contributed by atoms with Gasteiger partial charge in [0.05, 0.1) is 29.1 Å². The Morgan fingerprint density at radius 1 is 1.19 bits per heavy atom. The Labute approximate surface area is 184 Å². The Morgan fingerprint density at radius 2 is 1.97 bits per heavy atom. The van der Waals surface area contributed by atoms with Crippen molar-refractivity contribution >= 4 is 11.9 Å². The first-order chi connectivity index (χ1) is 15.0. The lowest BCUT2D eigenvalue weighted by Gasteiger charge is -2.39. The number of aryl methyl sites for hydroxylation is 1. The molecule has 0 N–H and O–H groups in total. The standard InChI is InChI=1S/C23H33N5O3/c1-15-13-20(31-26-15)18-14-24-23(27(2)3)25-21(18)19-7-5-6-12-28(19)22(29)16-8-10-17(30-4)11-9-16/h13-14,16-17,19H,5-12H2,1-4H3/t16?,17?,19-/m1/s1. The van der Waals surface area contributed by atoms with Crippen molar-refractivity contribution in [3.05, 3.63) is 23.7 Å². The maximum atomic E-state index is 13.6. The topological polar surface area (TPSA) is 84.6 Å². The molecule has 0 aromatic carbocycles. The van der Waals surface area contributed by atoms with Crippen LogP contribution < -0.4 is 4.90 Å². The van der Waals surface area contributed by atoms with E-state index in [0.717, 1.165) is 68.4 Å². The van der Waals surface area contributed by atoms with Gasteiger partial charge in [-0.2, -0.15) is 0 Å². The van der Waals surface area contributed by atoms with Crippen LogP contribution in [0.4, 0.5) is 5.95 Å². The number of aromatic nitrogens is 3. The molecule has 0 bridgehead atoms. The summed E-state index contributed by atoms with van der Waals surface area (Å²) in [6.07, 6.45) is 8.76. The number of likely N-dealkylation sites (tertiary alicyclic amines) is 1. The van der Waals surface area contributed by atoms with Crippen LogP contribution in [-0.4, -0.2) is 59.8 Å². The van der Waals surface area contributed by atoms with Crippen molar-refractivity contribution in [3.8, 4) is 11.3 Å². The smallest absolute Gasteiger partial charge is 0.226 e. The molecule has 0 unspecified atom stereocenters. The molecule has 8 heteroatoms. The zero-order valence-corrected chi connectivity index (χ0v) is 19.0. The van der Waals surface area contributed by atoms with E-state index in [-0.39, 0.29) is 24.0 Å². The predicted octanol–water partition coefficient (Wildman–Crippen LogP) is 3.76. The molecule has 31 heavy (non-hydrogen) atoms. The van der Waals surface area contributed by atoms with Crippen molar-refractivity contribution in [3.63, 3.8) is 0 Å². The maximum Gasteiger partial charge on any atom is 0.226 e. The maximum absolute atomic E-state index is 13.6. The third-order valence-electron chi connectivity index (χ3n) is 6.56. The molecule has 0 radical (unpaired) electrons. The van der Waals surface area contributed by atoms with Crippen molar-refractivity contribution in [2.45, 2.75) is 64.0 Å². The highest BCUT2D eigenvalue weighted by Crippen LogP contribution is 2.39. The summed E-state index contributed by atoms with van der Waals surface area (Å²) in [6.45, 7) is 2.67. The number of carbonyl (C=O) groups excluding carboxylic acids is 1. The van der Waals surface area contributed by atoms with Crippen LogP contribution in [0.3, 0.4) is 0 Å². The Balaban J connectivity index is 1.67. The summed E-state index contributed by atoms with van der Waals surface area (Å²) in [5.74, 6) is 1.60. The van der Waals surface area contributed by atoms with Crippen molar-refractivity contribution in [2.75, 3.05) is 32.6 Å². The minimum atomic E-state index is -0.0801. The van der Waals surface area contributed by atoms with Gasteiger partial charge in [-0.3, -0.25) is 4.79 Å². The number of ether oxygens (including phenoxy) is 1. The van der Waals surface area contributed by atoms with E-state index >= 15 is 0 Å². The fourth-order valence-electron chi connectivity index (χ4n) is 4.79. The summed E-state index contributed by atoms with van der Waals surface area (Å²) in [4.78, 5) is 27.0. The minimum Gasteiger partial charge on any atom is -0.381 e. The van der Waals surface area contributed by atoms with Gasteiger partial charge in [-0.05, 0) is 51.9 Å². The van der Waals surface area contributed by atoms with Crippen LogP contribution in [0, 0.1) is 12.8 Å². The lowest BCUT2D eigenvalue weighted by atomic mass is 9.85. The summed E-state index contributed by atoms with van der Waals surface area (Å²) >= 11 is 0. The van der Waals surface area contributed by atoms with E-state index in [1.807, 2.05) is 32.0 Å². The first kappa shape index (κ1) is 21.7. The number of anilines is 1. The van der Waals surface area contributed by atoms with Gasteiger partial charge >= 0.3 is 0 Å². The first-order valence-corrected chi connectivity index (χ1v) is 11.3. The number of piperidine rings is 1. The quantitative estimate of drug-likeness (QED) is 0.718. The van der Waals surface area contributed by atoms with Gasteiger partial charge in [-0.15, -0.1) is 0 Å². The Bertz CT molecular complexity index is 904. The molecule has 1 amide bonds. The van der Waals surface area contributed by atoms with Crippen LogP contribution in [0.1, 0.15) is 62.4 Å². The van der Waals surface area contributed by atoms with Crippen LogP contribution in [0.15, 0.2) is 16.8 Å². The zero-order valence-electron chi connectivity index (χ0n) is 19.0. The second-order valence-electron chi connectivity index (χ2n) is 8.95. The molecular formula is C23H33N5O3. The van der Waals surface area contributed by atoms with Gasteiger partial charge in [-0.25, -0.2) is 9.97 Å². The Morgan fingerprint density at radius 3 is 2.61 bits per heavy atom. The average molecular weight is 428 g/mol. The number of hydrogen-bond donors (Lipinski definition) is 0. The summed E-state index contributed by atoms with van der Waals surface area (Å²) in [5, 5.41) is 4.05. The minimum absolute atomic E-state index is 0.0677. The number of amides is 1. The second-order valence-corrected chi connectivity index (χ2v) is 8.95. The van der Waals surface area contributed by atoms with Gasteiger partial charge in [0.15, 0.2) is 5.76 Å². The molecule has 168 valence electrons. The van der Waals surface area contributed by atoms with Gasteiger partial charge < -0.3 is 19.1 Å². The third kappa shape index (κ3) is 4.59. The van der Waals surface area contributed by atoms with E-state index in [9.17, 15) is 4.79 Å². The first-order valence-electron chi connectivity index (χ1n) is 11.3. The molecule has 2 fully saturated rings. The van der Waals surface area contributed by atoms with Crippen molar-refractivity contribution in [1.82, 2.24) is 20.0 Å². The molecule has 1 aliphatic carbocycles. The molecule has 0 spiro atoms. The molecule has 2 aliphatic rings. The normalized spacial score (nSPS) is 24.3. The van der Waals surface area contributed by atoms with Crippen LogP contribution in [-0.2, 0) is 9.53 Å². The van der Waals surface area contributed by atoms with E-state index in [4.69, 9.17) is 14.2 Å². The summed E-state index contributed by atoms with van der Waals surface area (Å²) < 4.78 is 11.1. The number of rotatable bonds is 5. The highest BCUT2D eigenvalue weighted by Gasteiger charge is 2.36. The van der Waals surface area contributed by atoms with E-state index in [1.165, 1.54) is 0 Å². The van der Waals surface area contributed by atoms with Gasteiger partial charge in [-0.1, -0.05) is 5.16 Å². The van der Waals surface area contributed by atoms with Gasteiger partial charge in [0, 0.05) is 45.9 Å². The van der Waals surface area contributed by atoms with Crippen LogP contribution in [0.5, 0.6) is 0 Å². The highest BCUT2D eigenvalue weighted by atomic mass is 16.5. The monoisotopic (exact) mass is 427 g/mol. The van der Waals surface area contributed by atoms with E-state index in [0.29, 0.717) is 11.7 Å². The molecule has 2 aromatic rings. The van der Waals surface area contributed by atoms with Crippen molar-refractivity contribution < 1.29 is 14.1 Å². The van der Waals surface area contributed by atoms with Crippen molar-refractivity contribution in [2.24, 2.45) is 5.92 Å². The van der Waals surface area contributed by atoms with Gasteiger partial charge in [0.25, 0.3) is 0 Å². The molecule has 1 aliphatic heterocycles. The Kier molecular flexibility index (Phi) is 6.55. The molecule has 4 rings (SSSR count). The van der Waals surface area contributed by atoms with Crippen LogP contribution >= 0.6 is 0 Å². The Hall–Kier alpha value is -2.48. The summed E-state index contributed by atoms with van der Waals surface area (Å²) in [7, 11) is 5.61. The lowest BCUT2D eigenvalue weighted by Crippen LogP contribution is -2.43. The lowest BCUT2D eigenvalue weighted by molar-refractivity contribution is -0.141. The molecule has 2 aromatic heterocycles. The average Bonchev–Trinajstić information content (AvgIpc) is 3.24. The molecule has 8 nitrogen and oxygen atoms in total. The number of carbonyl (C=O) groups is 1. The molecule has 1 saturated carbocycles. The van der Waals surface area contributed by atoms with E-state index < -0.39 is 0 Å². The third-order valence-corrected chi connectivity index (χ3v) is 6.56. The number of methoxy groups -OCH3 is 1. The number of nitrogens with zero attached hydrogens (tertiary/aromatic N) is 5.